The second kappa shape index (κ2) is 4.52. The van der Waals surface area contributed by atoms with Gasteiger partial charge in [-0.25, -0.2) is 4.98 Å². The average Bonchev–Trinajstić information content (AvgIpc) is 2.99. The number of amides is 1. The average molecular weight is 313 g/mol. The van der Waals surface area contributed by atoms with Crippen molar-refractivity contribution < 1.29 is 4.79 Å². The smallest absolute Gasteiger partial charge is 0.271 e. The first-order valence-corrected chi connectivity index (χ1v) is 9.04. The molecule has 5 heteroatoms. The third-order valence-electron chi connectivity index (χ3n) is 5.89. The minimum atomic E-state index is -0.0519. The molecule has 22 heavy (non-hydrogen) atoms. The Morgan fingerprint density at radius 2 is 2.23 bits per heavy atom. The minimum Gasteiger partial charge on any atom is -0.333 e. The van der Waals surface area contributed by atoms with E-state index in [1.54, 1.807) is 17.5 Å². The lowest BCUT2D eigenvalue weighted by Gasteiger charge is -2.42. The van der Waals surface area contributed by atoms with Crippen LogP contribution in [0.3, 0.4) is 0 Å². The molecule has 1 amide bonds. The number of nitrogens with zero attached hydrogens (tertiary/aromatic N) is 1. The number of hydrogen-bond donors (Lipinski definition) is 2. The van der Waals surface area contributed by atoms with Crippen molar-refractivity contribution in [1.82, 2.24) is 15.6 Å². The van der Waals surface area contributed by atoms with Crippen molar-refractivity contribution >= 4 is 27.3 Å². The zero-order valence-corrected chi connectivity index (χ0v) is 13.2. The number of rotatable bonds is 2. The molecule has 0 radical (unpaired) electrons. The highest BCUT2D eigenvalue weighted by Gasteiger charge is 2.62. The molecule has 2 atom stereocenters. The number of carbonyl (C=O) groups excluding carboxylic acids is 1. The van der Waals surface area contributed by atoms with Crippen molar-refractivity contribution in [2.45, 2.75) is 43.8 Å². The fraction of sp³-hybridized carbons (Fsp3) is 0.529. The molecular weight excluding hydrogens is 294 g/mol. The first-order valence-electron chi connectivity index (χ1n) is 8.16. The largest absolute Gasteiger partial charge is 0.333 e. The van der Waals surface area contributed by atoms with Crippen LogP contribution < -0.4 is 10.6 Å². The molecule has 1 unspecified atom stereocenters. The fourth-order valence-corrected chi connectivity index (χ4v) is 5.38. The van der Waals surface area contributed by atoms with Gasteiger partial charge in [0.25, 0.3) is 5.91 Å². The SMILES string of the molecule is O=C(NC1N[C@@]12CC1CCC2CC1)c1cc2ccsc2cn1. The van der Waals surface area contributed by atoms with E-state index < -0.39 is 0 Å². The number of fused-ring (bicyclic) bond motifs is 3. The van der Waals surface area contributed by atoms with Gasteiger partial charge in [-0.05, 0) is 54.0 Å². The van der Waals surface area contributed by atoms with Crippen LogP contribution in [0.2, 0.25) is 0 Å². The van der Waals surface area contributed by atoms with Gasteiger partial charge in [-0.15, -0.1) is 11.3 Å². The Labute approximate surface area is 133 Å². The Kier molecular flexibility index (Phi) is 2.68. The summed E-state index contributed by atoms with van der Waals surface area (Å²) in [6, 6.07) is 3.93. The maximum absolute atomic E-state index is 12.5. The molecule has 3 heterocycles. The zero-order valence-electron chi connectivity index (χ0n) is 12.3. The fourth-order valence-electron chi connectivity index (χ4n) is 4.65. The van der Waals surface area contributed by atoms with Crippen LogP contribution in [0.25, 0.3) is 10.1 Å². The van der Waals surface area contributed by atoms with Crippen LogP contribution in [0.15, 0.2) is 23.7 Å². The summed E-state index contributed by atoms with van der Waals surface area (Å²) >= 11 is 1.65. The lowest BCUT2D eigenvalue weighted by Crippen LogP contribution is -2.44. The van der Waals surface area contributed by atoms with E-state index in [1.807, 2.05) is 17.5 Å². The molecule has 1 spiro atoms. The predicted molar refractivity (Wildman–Crippen MR) is 86.8 cm³/mol. The molecule has 6 rings (SSSR count). The summed E-state index contributed by atoms with van der Waals surface area (Å²) in [6.07, 6.45) is 8.59. The summed E-state index contributed by atoms with van der Waals surface area (Å²) in [7, 11) is 0. The van der Waals surface area contributed by atoms with Gasteiger partial charge in [-0.2, -0.15) is 0 Å². The van der Waals surface area contributed by atoms with Gasteiger partial charge < -0.3 is 5.32 Å². The van der Waals surface area contributed by atoms with Crippen molar-refractivity contribution in [3.8, 4) is 0 Å². The molecule has 1 saturated heterocycles. The molecule has 2 aromatic rings. The van der Waals surface area contributed by atoms with Crippen molar-refractivity contribution in [2.24, 2.45) is 11.8 Å². The Hall–Kier alpha value is -1.46. The number of aromatic nitrogens is 1. The number of thiophene rings is 1. The van der Waals surface area contributed by atoms with Crippen molar-refractivity contribution in [3.05, 3.63) is 29.4 Å². The molecule has 2 N–H and O–H groups in total. The normalized spacial score (nSPS) is 35.9. The monoisotopic (exact) mass is 313 g/mol. The van der Waals surface area contributed by atoms with Crippen molar-refractivity contribution in [2.75, 3.05) is 0 Å². The van der Waals surface area contributed by atoms with Crippen LogP contribution in [0, 0.1) is 11.8 Å². The van der Waals surface area contributed by atoms with E-state index in [0.717, 1.165) is 21.9 Å². The second-order valence-electron chi connectivity index (χ2n) is 7.04. The van der Waals surface area contributed by atoms with E-state index in [1.165, 1.54) is 32.1 Å². The molecule has 3 aliphatic carbocycles. The Bertz CT molecular complexity index is 749. The number of pyridine rings is 1. The summed E-state index contributed by atoms with van der Waals surface area (Å²) in [5.74, 6) is 1.55. The van der Waals surface area contributed by atoms with Crippen molar-refractivity contribution in [1.29, 1.82) is 0 Å². The van der Waals surface area contributed by atoms with Crippen LogP contribution in [0.5, 0.6) is 0 Å². The number of hydrogen-bond acceptors (Lipinski definition) is 4. The molecule has 4 fully saturated rings. The highest BCUT2D eigenvalue weighted by Crippen LogP contribution is 2.54. The number of carbonyl (C=O) groups is 1. The van der Waals surface area contributed by atoms with Gasteiger partial charge in [-0.3, -0.25) is 10.1 Å². The summed E-state index contributed by atoms with van der Waals surface area (Å²) in [5.41, 5.74) is 0.722. The van der Waals surface area contributed by atoms with E-state index in [0.29, 0.717) is 5.69 Å². The minimum absolute atomic E-state index is 0.0519. The third-order valence-corrected chi connectivity index (χ3v) is 6.76. The molecule has 2 bridgehead atoms. The molecule has 114 valence electrons. The van der Waals surface area contributed by atoms with Crippen LogP contribution in [0.4, 0.5) is 0 Å². The van der Waals surface area contributed by atoms with Gasteiger partial charge in [0.05, 0.1) is 16.4 Å². The summed E-state index contributed by atoms with van der Waals surface area (Å²) in [4.78, 5) is 16.8. The van der Waals surface area contributed by atoms with E-state index in [2.05, 4.69) is 15.6 Å². The van der Waals surface area contributed by atoms with Gasteiger partial charge >= 0.3 is 0 Å². The molecule has 0 aromatic carbocycles. The maximum atomic E-state index is 12.5. The van der Waals surface area contributed by atoms with Gasteiger partial charge in [0.1, 0.15) is 5.69 Å². The predicted octanol–water partition coefficient (Wildman–Crippen LogP) is 2.90. The molecular formula is C17H19N3OS. The molecule has 2 aromatic heterocycles. The highest BCUT2D eigenvalue weighted by atomic mass is 32.1. The quantitative estimate of drug-likeness (QED) is 0.838. The summed E-state index contributed by atoms with van der Waals surface area (Å²) in [6.45, 7) is 0. The standard InChI is InChI=1S/C17H19N3OS/c21-15(13-7-11-5-6-22-14(11)9-18-13)19-16-17(20-16)8-10-1-3-12(17)4-2-10/h5-7,9-10,12,16,20H,1-4,8H2,(H,19,21)/t10?,12?,16?,17-/m1/s1. The maximum Gasteiger partial charge on any atom is 0.271 e. The second-order valence-corrected chi connectivity index (χ2v) is 7.99. The van der Waals surface area contributed by atoms with E-state index in [9.17, 15) is 4.79 Å². The molecule has 4 aliphatic rings. The zero-order chi connectivity index (χ0) is 14.7. The van der Waals surface area contributed by atoms with Crippen LogP contribution in [-0.4, -0.2) is 22.6 Å². The van der Waals surface area contributed by atoms with Gasteiger partial charge in [-0.1, -0.05) is 12.8 Å². The Morgan fingerprint density at radius 3 is 3.00 bits per heavy atom. The van der Waals surface area contributed by atoms with Gasteiger partial charge in [0.2, 0.25) is 0 Å². The van der Waals surface area contributed by atoms with E-state index in [-0.39, 0.29) is 17.6 Å². The first-order chi connectivity index (χ1) is 10.7. The lowest BCUT2D eigenvalue weighted by atomic mass is 9.63. The number of nitrogens with one attached hydrogen (secondary N) is 2. The molecule has 1 aliphatic heterocycles. The van der Waals surface area contributed by atoms with Gasteiger partial charge in [0, 0.05) is 6.20 Å². The Morgan fingerprint density at radius 1 is 1.36 bits per heavy atom. The highest BCUT2D eigenvalue weighted by molar-refractivity contribution is 7.17. The third kappa shape index (κ3) is 1.85. The van der Waals surface area contributed by atoms with Crippen LogP contribution in [0.1, 0.15) is 42.6 Å². The van der Waals surface area contributed by atoms with E-state index >= 15 is 0 Å². The van der Waals surface area contributed by atoms with Gasteiger partial charge in [0.15, 0.2) is 0 Å². The van der Waals surface area contributed by atoms with E-state index in [4.69, 9.17) is 0 Å². The summed E-state index contributed by atoms with van der Waals surface area (Å²) < 4.78 is 1.13. The first kappa shape index (κ1) is 13.0. The Balaban J connectivity index is 1.33. The molecule has 4 nitrogen and oxygen atoms in total. The van der Waals surface area contributed by atoms with Crippen molar-refractivity contribution in [3.63, 3.8) is 0 Å². The topological polar surface area (TPSA) is 63.9 Å². The van der Waals surface area contributed by atoms with Crippen LogP contribution in [-0.2, 0) is 0 Å². The molecule has 3 saturated carbocycles. The summed E-state index contributed by atoms with van der Waals surface area (Å²) in [5, 5.41) is 9.88. The lowest BCUT2D eigenvalue weighted by molar-refractivity contribution is 0.0911. The van der Waals surface area contributed by atoms with Crippen LogP contribution >= 0.6 is 11.3 Å².